The number of hydrogen-bond acceptors (Lipinski definition) is 2. The molecule has 0 aromatic heterocycles. The number of rotatable bonds is 4. The Morgan fingerprint density at radius 3 is 2.18 bits per heavy atom. The summed E-state index contributed by atoms with van der Waals surface area (Å²) in [5.74, 6) is 0.862. The van der Waals surface area contributed by atoms with Gasteiger partial charge in [0, 0.05) is 5.41 Å². The average molecular weight is 234 g/mol. The smallest absolute Gasteiger partial charge is 0.119 e. The Bertz CT molecular complexity index is 386. The molecule has 2 rings (SSSR count). The van der Waals surface area contributed by atoms with Crippen molar-refractivity contribution in [3.8, 4) is 5.75 Å². The van der Waals surface area contributed by atoms with Crippen LogP contribution in [0.1, 0.15) is 46.1 Å². The molecule has 1 fully saturated rings. The van der Waals surface area contributed by atoms with Crippen molar-refractivity contribution in [2.45, 2.75) is 52.2 Å². The molecule has 0 heterocycles. The monoisotopic (exact) mass is 234 g/mol. The van der Waals surface area contributed by atoms with E-state index in [9.17, 15) is 5.11 Å². The molecule has 0 spiro atoms. The zero-order chi connectivity index (χ0) is 12.7. The standard InChI is InChI=1S/C15H22O2/c1-11(2)17-13-7-5-12(6-8-13)15(4,16)14(3)9-10-14/h5-8,11,16H,9-10H2,1-4H3. The maximum Gasteiger partial charge on any atom is 0.119 e. The van der Waals surface area contributed by atoms with Crippen LogP contribution in [0.5, 0.6) is 5.75 Å². The SMILES string of the molecule is CC(C)Oc1ccc(C(C)(O)C2(C)CC2)cc1. The molecule has 94 valence electrons. The van der Waals surface area contributed by atoms with Crippen LogP contribution in [0.25, 0.3) is 0 Å². The highest BCUT2D eigenvalue weighted by molar-refractivity contribution is 5.33. The minimum Gasteiger partial charge on any atom is -0.491 e. The summed E-state index contributed by atoms with van der Waals surface area (Å²) in [6.45, 7) is 8.08. The van der Waals surface area contributed by atoms with Crippen molar-refractivity contribution in [2.75, 3.05) is 0 Å². The lowest BCUT2D eigenvalue weighted by molar-refractivity contribution is -0.0127. The van der Waals surface area contributed by atoms with Crippen LogP contribution in [0.2, 0.25) is 0 Å². The Morgan fingerprint density at radius 1 is 1.24 bits per heavy atom. The topological polar surface area (TPSA) is 29.5 Å². The predicted molar refractivity (Wildman–Crippen MR) is 69.1 cm³/mol. The van der Waals surface area contributed by atoms with Gasteiger partial charge in [-0.1, -0.05) is 19.1 Å². The molecule has 0 amide bonds. The van der Waals surface area contributed by atoms with Crippen LogP contribution < -0.4 is 4.74 Å². The molecule has 1 atom stereocenters. The third-order valence-electron chi connectivity index (χ3n) is 3.96. The fraction of sp³-hybridized carbons (Fsp3) is 0.600. The highest BCUT2D eigenvalue weighted by atomic mass is 16.5. The highest BCUT2D eigenvalue weighted by Gasteiger charge is 2.52. The minimum atomic E-state index is -0.733. The predicted octanol–water partition coefficient (Wildman–Crippen LogP) is 3.48. The normalized spacial score (nSPS) is 21.1. The van der Waals surface area contributed by atoms with E-state index in [2.05, 4.69) is 6.92 Å². The van der Waals surface area contributed by atoms with E-state index in [4.69, 9.17) is 4.74 Å². The Balaban J connectivity index is 2.18. The van der Waals surface area contributed by atoms with E-state index in [0.29, 0.717) is 0 Å². The Kier molecular flexibility index (Phi) is 2.94. The van der Waals surface area contributed by atoms with Gasteiger partial charge in [-0.3, -0.25) is 0 Å². The molecule has 2 heteroatoms. The third kappa shape index (κ3) is 2.32. The van der Waals surface area contributed by atoms with Gasteiger partial charge in [-0.05, 0) is 51.3 Å². The van der Waals surface area contributed by atoms with Crippen molar-refractivity contribution in [3.63, 3.8) is 0 Å². The van der Waals surface area contributed by atoms with Crippen LogP contribution in [0.3, 0.4) is 0 Å². The van der Waals surface area contributed by atoms with Crippen molar-refractivity contribution in [3.05, 3.63) is 29.8 Å². The summed E-state index contributed by atoms with van der Waals surface area (Å²) in [6.07, 6.45) is 2.39. The molecule has 0 bridgehead atoms. The number of hydrogen-bond donors (Lipinski definition) is 1. The molecule has 1 N–H and O–H groups in total. The van der Waals surface area contributed by atoms with Crippen molar-refractivity contribution >= 4 is 0 Å². The van der Waals surface area contributed by atoms with E-state index < -0.39 is 5.60 Å². The van der Waals surface area contributed by atoms with Crippen molar-refractivity contribution in [1.29, 1.82) is 0 Å². The minimum absolute atomic E-state index is 0.0490. The van der Waals surface area contributed by atoms with Gasteiger partial charge < -0.3 is 9.84 Å². The van der Waals surface area contributed by atoms with E-state index in [1.807, 2.05) is 45.0 Å². The Morgan fingerprint density at radius 2 is 1.76 bits per heavy atom. The molecule has 1 aliphatic rings. The maximum atomic E-state index is 10.6. The summed E-state index contributed by atoms with van der Waals surface area (Å²) in [4.78, 5) is 0. The molecule has 2 nitrogen and oxygen atoms in total. The molecule has 17 heavy (non-hydrogen) atoms. The van der Waals surface area contributed by atoms with Gasteiger partial charge in [-0.25, -0.2) is 0 Å². The molecule has 1 aromatic carbocycles. The number of aliphatic hydroxyl groups is 1. The summed E-state index contributed by atoms with van der Waals surface area (Å²) in [7, 11) is 0. The molecular weight excluding hydrogens is 212 g/mol. The largest absolute Gasteiger partial charge is 0.491 e. The summed E-state index contributed by atoms with van der Waals surface area (Å²) in [5, 5.41) is 10.6. The van der Waals surface area contributed by atoms with Crippen molar-refractivity contribution in [2.24, 2.45) is 5.41 Å². The van der Waals surface area contributed by atoms with Gasteiger partial charge in [0.1, 0.15) is 5.75 Å². The van der Waals surface area contributed by atoms with Gasteiger partial charge in [0.2, 0.25) is 0 Å². The molecule has 1 saturated carbocycles. The lowest BCUT2D eigenvalue weighted by Crippen LogP contribution is -2.31. The van der Waals surface area contributed by atoms with Crippen LogP contribution in [-0.2, 0) is 5.60 Å². The number of benzene rings is 1. The first kappa shape index (κ1) is 12.4. The van der Waals surface area contributed by atoms with Crippen LogP contribution in [0, 0.1) is 5.41 Å². The van der Waals surface area contributed by atoms with E-state index >= 15 is 0 Å². The molecule has 0 saturated heterocycles. The van der Waals surface area contributed by atoms with Gasteiger partial charge in [-0.15, -0.1) is 0 Å². The van der Waals surface area contributed by atoms with Gasteiger partial charge >= 0.3 is 0 Å². The van der Waals surface area contributed by atoms with Crippen molar-refractivity contribution < 1.29 is 9.84 Å². The third-order valence-corrected chi connectivity index (χ3v) is 3.96. The van der Waals surface area contributed by atoms with Crippen molar-refractivity contribution in [1.82, 2.24) is 0 Å². The molecule has 0 aliphatic heterocycles. The summed E-state index contributed by atoms with van der Waals surface area (Å²) in [6, 6.07) is 7.83. The molecule has 1 unspecified atom stereocenters. The average Bonchev–Trinajstić information content (AvgIpc) is 2.98. The molecular formula is C15H22O2. The summed E-state index contributed by atoms with van der Waals surface area (Å²) < 4.78 is 5.60. The first-order valence-electron chi connectivity index (χ1n) is 6.35. The fourth-order valence-electron chi connectivity index (χ4n) is 2.15. The van der Waals surface area contributed by atoms with Crippen LogP contribution >= 0.6 is 0 Å². The zero-order valence-corrected chi connectivity index (χ0v) is 11.2. The van der Waals surface area contributed by atoms with E-state index in [0.717, 1.165) is 24.2 Å². The van der Waals surface area contributed by atoms with E-state index in [1.54, 1.807) is 0 Å². The zero-order valence-electron chi connectivity index (χ0n) is 11.2. The quantitative estimate of drug-likeness (QED) is 0.864. The second-order valence-corrected chi connectivity index (χ2v) is 5.82. The summed E-state index contributed by atoms with van der Waals surface area (Å²) in [5.41, 5.74) is 0.296. The maximum absolute atomic E-state index is 10.6. The molecule has 1 aliphatic carbocycles. The van der Waals surface area contributed by atoms with E-state index in [-0.39, 0.29) is 11.5 Å². The Hall–Kier alpha value is -1.02. The van der Waals surface area contributed by atoms with Gasteiger partial charge in [0.05, 0.1) is 11.7 Å². The van der Waals surface area contributed by atoms with Gasteiger partial charge in [0.15, 0.2) is 0 Å². The highest BCUT2D eigenvalue weighted by Crippen LogP contribution is 2.57. The first-order chi connectivity index (χ1) is 7.85. The Labute approximate surface area is 104 Å². The van der Waals surface area contributed by atoms with Crippen LogP contribution in [0.4, 0.5) is 0 Å². The molecule has 1 aromatic rings. The second-order valence-electron chi connectivity index (χ2n) is 5.82. The van der Waals surface area contributed by atoms with E-state index in [1.165, 1.54) is 0 Å². The lowest BCUT2D eigenvalue weighted by atomic mass is 9.81. The van der Waals surface area contributed by atoms with Crippen LogP contribution in [-0.4, -0.2) is 11.2 Å². The first-order valence-corrected chi connectivity index (χ1v) is 6.35. The molecule has 0 radical (unpaired) electrons. The lowest BCUT2D eigenvalue weighted by Gasteiger charge is -2.31. The van der Waals surface area contributed by atoms with Gasteiger partial charge in [0.25, 0.3) is 0 Å². The second kappa shape index (κ2) is 4.02. The van der Waals surface area contributed by atoms with Crippen LogP contribution in [0.15, 0.2) is 24.3 Å². The van der Waals surface area contributed by atoms with Gasteiger partial charge in [-0.2, -0.15) is 0 Å². The fourth-order valence-corrected chi connectivity index (χ4v) is 2.15. The summed E-state index contributed by atoms with van der Waals surface area (Å²) >= 11 is 0. The number of ether oxygens (including phenoxy) is 1.